The van der Waals surface area contributed by atoms with E-state index in [1.807, 2.05) is 35.9 Å². The summed E-state index contributed by atoms with van der Waals surface area (Å²) >= 11 is 7.65. The van der Waals surface area contributed by atoms with Crippen LogP contribution < -0.4 is 0 Å². The van der Waals surface area contributed by atoms with Gasteiger partial charge in [-0.1, -0.05) is 17.7 Å². The van der Waals surface area contributed by atoms with E-state index in [0.29, 0.717) is 12.1 Å². The fourth-order valence-electron chi connectivity index (χ4n) is 3.06. The molecule has 0 spiro atoms. The molecular weight excluding hydrogens is 446 g/mol. The molecule has 6 nitrogen and oxygen atoms in total. The maximum Gasteiger partial charge on any atom is 0.340 e. The van der Waals surface area contributed by atoms with E-state index in [0.717, 1.165) is 23.7 Å². The predicted octanol–water partition coefficient (Wildman–Crippen LogP) is 4.31. The van der Waals surface area contributed by atoms with Gasteiger partial charge in [-0.2, -0.15) is 0 Å². The fraction of sp³-hybridized carbons (Fsp3) is 0.238. The summed E-state index contributed by atoms with van der Waals surface area (Å²) in [4.78, 5) is 26.2. The number of rotatable bonds is 7. The Hall–Kier alpha value is -2.42. The molecule has 0 radical (unpaired) electrons. The van der Waals surface area contributed by atoms with E-state index in [2.05, 4.69) is 0 Å². The predicted molar refractivity (Wildman–Crippen MR) is 117 cm³/mol. The topological polar surface area (TPSA) is 82.4 Å². The summed E-state index contributed by atoms with van der Waals surface area (Å²) in [5, 5.41) is 2.05. The highest BCUT2D eigenvalue weighted by Gasteiger charge is 2.20. The molecule has 0 saturated heterocycles. The summed E-state index contributed by atoms with van der Waals surface area (Å²) in [6, 6.07) is 9.55. The monoisotopic (exact) mass is 465 g/mol. The second-order valence-corrected chi connectivity index (χ2v) is 10.3. The molecule has 1 aromatic carbocycles. The number of hydrogen-bond acceptors (Lipinski definition) is 6. The van der Waals surface area contributed by atoms with Gasteiger partial charge >= 0.3 is 5.97 Å². The first-order valence-electron chi connectivity index (χ1n) is 8.97. The van der Waals surface area contributed by atoms with Crippen molar-refractivity contribution in [2.24, 2.45) is 0 Å². The van der Waals surface area contributed by atoms with Crippen molar-refractivity contribution in [3.8, 4) is 0 Å². The van der Waals surface area contributed by atoms with Crippen LogP contribution >= 0.6 is 22.9 Å². The molecular formula is C21H20ClNO5S2. The number of carbonyl (C=O) groups excluding carboxylic acids is 2. The molecule has 3 rings (SSSR count). The second kappa shape index (κ2) is 8.75. The molecule has 0 aliphatic rings. The van der Waals surface area contributed by atoms with Gasteiger partial charge in [-0.3, -0.25) is 4.79 Å². The number of benzene rings is 1. The van der Waals surface area contributed by atoms with E-state index in [-0.39, 0.29) is 21.3 Å². The number of sulfone groups is 1. The van der Waals surface area contributed by atoms with Crippen LogP contribution in [0.1, 0.15) is 37.0 Å². The molecule has 158 valence electrons. The molecule has 0 fully saturated rings. The number of Topliss-reactive ketones (excluding diaryl/α,β-unsaturated/α-hetero) is 1. The van der Waals surface area contributed by atoms with E-state index in [4.69, 9.17) is 16.3 Å². The largest absolute Gasteiger partial charge is 0.454 e. The van der Waals surface area contributed by atoms with Crippen LogP contribution in [0.15, 0.2) is 46.7 Å². The Kier molecular flexibility index (Phi) is 6.50. The van der Waals surface area contributed by atoms with Crippen molar-refractivity contribution in [3.63, 3.8) is 0 Å². The van der Waals surface area contributed by atoms with Gasteiger partial charge in [-0.25, -0.2) is 13.2 Å². The number of ketones is 1. The molecule has 30 heavy (non-hydrogen) atoms. The van der Waals surface area contributed by atoms with Crippen molar-refractivity contribution in [3.05, 3.63) is 74.2 Å². The van der Waals surface area contributed by atoms with Gasteiger partial charge in [0.25, 0.3) is 0 Å². The van der Waals surface area contributed by atoms with E-state index in [9.17, 15) is 18.0 Å². The van der Waals surface area contributed by atoms with Gasteiger partial charge in [0.15, 0.2) is 16.4 Å². The second-order valence-electron chi connectivity index (χ2n) is 6.86. The normalized spacial score (nSPS) is 11.5. The number of aryl methyl sites for hydroxylation is 1. The number of halogens is 1. The minimum Gasteiger partial charge on any atom is -0.454 e. The highest BCUT2D eigenvalue weighted by atomic mass is 35.5. The first-order valence-corrected chi connectivity index (χ1v) is 12.1. The van der Waals surface area contributed by atoms with Crippen molar-refractivity contribution in [2.45, 2.75) is 25.3 Å². The molecule has 0 amide bonds. The summed E-state index contributed by atoms with van der Waals surface area (Å²) < 4.78 is 30.6. The van der Waals surface area contributed by atoms with Gasteiger partial charge in [-0.15, -0.1) is 11.3 Å². The van der Waals surface area contributed by atoms with Crippen molar-refractivity contribution in [1.82, 2.24) is 4.57 Å². The van der Waals surface area contributed by atoms with Gasteiger partial charge in [0.2, 0.25) is 5.78 Å². The molecule has 9 heteroatoms. The Balaban J connectivity index is 1.74. The molecule has 3 aromatic rings. The molecule has 0 unspecified atom stereocenters. The van der Waals surface area contributed by atoms with Gasteiger partial charge in [-0.05, 0) is 49.6 Å². The summed E-state index contributed by atoms with van der Waals surface area (Å²) in [5.41, 5.74) is 2.10. The number of thiophene rings is 1. The van der Waals surface area contributed by atoms with E-state index < -0.39 is 22.4 Å². The number of carbonyl (C=O) groups is 2. The number of nitrogens with zero attached hydrogens (tertiary/aromatic N) is 1. The summed E-state index contributed by atoms with van der Waals surface area (Å²) in [7, 11) is -3.51. The van der Waals surface area contributed by atoms with Crippen LogP contribution in [-0.2, 0) is 21.1 Å². The molecule has 0 aliphatic heterocycles. The molecule has 2 heterocycles. The van der Waals surface area contributed by atoms with E-state index >= 15 is 0 Å². The number of hydrogen-bond donors (Lipinski definition) is 0. The lowest BCUT2D eigenvalue weighted by molar-refractivity contribution is 0.0474. The van der Waals surface area contributed by atoms with Crippen LogP contribution in [0.2, 0.25) is 5.02 Å². The van der Waals surface area contributed by atoms with Crippen LogP contribution in [0.25, 0.3) is 0 Å². The third kappa shape index (κ3) is 4.83. The van der Waals surface area contributed by atoms with Crippen LogP contribution in [0.5, 0.6) is 0 Å². The van der Waals surface area contributed by atoms with Gasteiger partial charge in [0, 0.05) is 28.1 Å². The number of aromatic nitrogens is 1. The van der Waals surface area contributed by atoms with Crippen LogP contribution in [0, 0.1) is 13.8 Å². The smallest absolute Gasteiger partial charge is 0.340 e. The zero-order valence-corrected chi connectivity index (χ0v) is 19.0. The summed E-state index contributed by atoms with van der Waals surface area (Å²) in [5.74, 6) is -1.20. The molecule has 0 bridgehead atoms. The minimum atomic E-state index is -3.51. The number of esters is 1. The third-order valence-electron chi connectivity index (χ3n) is 4.69. The summed E-state index contributed by atoms with van der Waals surface area (Å²) in [6.07, 6.45) is 1.03. The van der Waals surface area contributed by atoms with Crippen molar-refractivity contribution in [1.29, 1.82) is 0 Å². The Morgan fingerprint density at radius 1 is 1.13 bits per heavy atom. The van der Waals surface area contributed by atoms with Crippen LogP contribution in [0.4, 0.5) is 0 Å². The van der Waals surface area contributed by atoms with Gasteiger partial charge in [0.1, 0.15) is 0 Å². The lowest BCUT2D eigenvalue weighted by atomic mass is 10.1. The maximum absolute atomic E-state index is 12.7. The number of ether oxygens (including phenoxy) is 1. The molecule has 0 saturated carbocycles. The lowest BCUT2D eigenvalue weighted by Gasteiger charge is -2.09. The van der Waals surface area contributed by atoms with Crippen molar-refractivity contribution >= 4 is 44.5 Å². The SMILES string of the molecule is Cc1cc(C(=O)COC(=O)c2cc(S(C)(=O)=O)ccc2Cl)c(C)n1Cc1cccs1. The molecule has 2 aromatic heterocycles. The van der Waals surface area contributed by atoms with Gasteiger partial charge in [0.05, 0.1) is 22.0 Å². The highest BCUT2D eigenvalue weighted by molar-refractivity contribution is 7.90. The van der Waals surface area contributed by atoms with Crippen LogP contribution in [0.3, 0.4) is 0 Å². The molecule has 0 aliphatic carbocycles. The quantitative estimate of drug-likeness (QED) is 0.383. The van der Waals surface area contributed by atoms with Crippen molar-refractivity contribution < 1.29 is 22.7 Å². The average Bonchev–Trinajstić information content (AvgIpc) is 3.29. The zero-order chi connectivity index (χ0) is 22.1. The Labute approximate surface area is 184 Å². The Bertz CT molecular complexity index is 1210. The van der Waals surface area contributed by atoms with Crippen LogP contribution in [-0.4, -0.2) is 37.6 Å². The fourth-order valence-corrected chi connectivity index (χ4v) is 4.60. The lowest BCUT2D eigenvalue weighted by Crippen LogP contribution is -2.16. The third-order valence-corrected chi connectivity index (χ3v) is 6.99. The van der Waals surface area contributed by atoms with E-state index in [1.165, 1.54) is 17.0 Å². The zero-order valence-electron chi connectivity index (χ0n) is 16.6. The maximum atomic E-state index is 12.7. The summed E-state index contributed by atoms with van der Waals surface area (Å²) in [6.45, 7) is 3.96. The standard InChI is InChI=1S/C21H20ClNO5S2/c1-13-9-17(14(2)23(13)11-15-5-4-8-29-15)20(24)12-28-21(25)18-10-16(30(3,26)27)6-7-19(18)22/h4-10H,11-12H2,1-3H3. The van der Waals surface area contributed by atoms with Crippen molar-refractivity contribution in [2.75, 3.05) is 12.9 Å². The first kappa shape index (κ1) is 22.3. The average molecular weight is 466 g/mol. The molecule has 0 atom stereocenters. The minimum absolute atomic E-state index is 0.0500. The Morgan fingerprint density at radius 3 is 2.50 bits per heavy atom. The molecule has 0 N–H and O–H groups in total. The van der Waals surface area contributed by atoms with Gasteiger partial charge < -0.3 is 9.30 Å². The van der Waals surface area contributed by atoms with E-state index in [1.54, 1.807) is 17.4 Å². The first-order chi connectivity index (χ1) is 14.1. The highest BCUT2D eigenvalue weighted by Crippen LogP contribution is 2.23. The Morgan fingerprint density at radius 2 is 1.87 bits per heavy atom.